The molecule has 2 heterocycles. The number of amides is 1. The van der Waals surface area contributed by atoms with Crippen LogP contribution in [0.25, 0.3) is 11.0 Å². The third kappa shape index (κ3) is 4.04. The maximum Gasteiger partial charge on any atom is 0.253 e. The van der Waals surface area contributed by atoms with E-state index in [2.05, 4.69) is 15.4 Å². The fourth-order valence-corrected chi connectivity index (χ4v) is 3.27. The van der Waals surface area contributed by atoms with Crippen molar-refractivity contribution in [2.45, 2.75) is 32.9 Å². The third-order valence-corrected chi connectivity index (χ3v) is 4.81. The molecule has 0 aliphatic heterocycles. The van der Waals surface area contributed by atoms with Crippen molar-refractivity contribution in [2.24, 2.45) is 0 Å². The van der Waals surface area contributed by atoms with Gasteiger partial charge < -0.3 is 10.2 Å². The van der Waals surface area contributed by atoms with Crippen LogP contribution in [0.4, 0.5) is 4.39 Å². The zero-order chi connectivity index (χ0) is 20.4. The highest BCUT2D eigenvalue weighted by atomic mass is 19.1. The number of halogens is 1. The number of hydrogen-bond donors (Lipinski definition) is 1. The minimum Gasteiger partial charge on any atom is -0.350 e. The summed E-state index contributed by atoms with van der Waals surface area (Å²) in [7, 11) is 3.81. The van der Waals surface area contributed by atoms with Gasteiger partial charge in [-0.2, -0.15) is 5.10 Å². The van der Waals surface area contributed by atoms with Crippen LogP contribution in [-0.4, -0.2) is 46.2 Å². The molecule has 1 atom stereocenters. The van der Waals surface area contributed by atoms with Crippen LogP contribution in [0.5, 0.6) is 0 Å². The van der Waals surface area contributed by atoms with Gasteiger partial charge in [0.05, 0.1) is 23.5 Å². The first kappa shape index (κ1) is 19.9. The van der Waals surface area contributed by atoms with Gasteiger partial charge >= 0.3 is 0 Å². The monoisotopic (exact) mass is 383 g/mol. The molecule has 7 heteroatoms. The molecule has 0 saturated carbocycles. The number of aromatic nitrogens is 3. The van der Waals surface area contributed by atoms with Crippen LogP contribution >= 0.6 is 0 Å². The van der Waals surface area contributed by atoms with E-state index in [9.17, 15) is 9.18 Å². The van der Waals surface area contributed by atoms with E-state index in [-0.39, 0.29) is 23.8 Å². The second kappa shape index (κ2) is 8.06. The molecule has 0 radical (unpaired) electrons. The van der Waals surface area contributed by atoms with Gasteiger partial charge in [-0.25, -0.2) is 14.1 Å². The topological polar surface area (TPSA) is 63.1 Å². The van der Waals surface area contributed by atoms with E-state index in [1.54, 1.807) is 12.3 Å². The predicted molar refractivity (Wildman–Crippen MR) is 108 cm³/mol. The van der Waals surface area contributed by atoms with Gasteiger partial charge in [-0.1, -0.05) is 12.1 Å². The van der Waals surface area contributed by atoms with Crippen LogP contribution in [-0.2, 0) is 0 Å². The van der Waals surface area contributed by atoms with Crippen LogP contribution in [0.1, 0.15) is 47.5 Å². The zero-order valence-electron chi connectivity index (χ0n) is 16.9. The molecule has 0 saturated heterocycles. The van der Waals surface area contributed by atoms with Crippen molar-refractivity contribution >= 4 is 16.9 Å². The fourth-order valence-electron chi connectivity index (χ4n) is 3.27. The summed E-state index contributed by atoms with van der Waals surface area (Å²) in [6, 6.07) is 8.32. The van der Waals surface area contributed by atoms with Gasteiger partial charge in [0.1, 0.15) is 5.82 Å². The summed E-state index contributed by atoms with van der Waals surface area (Å²) in [4.78, 5) is 19.3. The van der Waals surface area contributed by atoms with Crippen molar-refractivity contribution in [3.8, 4) is 0 Å². The molecular weight excluding hydrogens is 357 g/mol. The van der Waals surface area contributed by atoms with Crippen LogP contribution in [0.15, 0.2) is 36.5 Å². The Kier molecular flexibility index (Phi) is 5.74. The van der Waals surface area contributed by atoms with Gasteiger partial charge in [-0.3, -0.25) is 4.79 Å². The summed E-state index contributed by atoms with van der Waals surface area (Å²) in [5.74, 6) is -0.490. The minimum absolute atomic E-state index is 0.139. The molecule has 1 aromatic carbocycles. The lowest BCUT2D eigenvalue weighted by molar-refractivity contribution is 0.0941. The summed E-state index contributed by atoms with van der Waals surface area (Å²) in [6.07, 6.45) is 1.73. The Labute approximate surface area is 164 Å². The highest BCUT2D eigenvalue weighted by molar-refractivity contribution is 5.98. The number of fused-ring (bicyclic) bond motifs is 1. The molecular formula is C21H26FN5O. The summed E-state index contributed by atoms with van der Waals surface area (Å²) < 4.78 is 15.4. The average Bonchev–Trinajstić information content (AvgIpc) is 3.03. The predicted octanol–water partition coefficient (Wildman–Crippen LogP) is 3.49. The van der Waals surface area contributed by atoms with Crippen LogP contribution in [0.2, 0.25) is 0 Å². The smallest absolute Gasteiger partial charge is 0.253 e. The molecule has 1 amide bonds. The Morgan fingerprint density at radius 1 is 1.29 bits per heavy atom. The highest BCUT2D eigenvalue weighted by Crippen LogP contribution is 2.21. The van der Waals surface area contributed by atoms with Gasteiger partial charge in [-0.15, -0.1) is 0 Å². The SMILES string of the molecule is Cc1nc2c(cnn2C(C)C)cc1C(=O)NCC(c1cccc(F)c1)N(C)C. The minimum atomic E-state index is -0.289. The summed E-state index contributed by atoms with van der Waals surface area (Å²) in [5, 5.41) is 8.16. The number of nitrogens with one attached hydrogen (secondary N) is 1. The Bertz CT molecular complexity index is 996. The Balaban J connectivity index is 1.81. The summed E-state index contributed by atoms with van der Waals surface area (Å²) in [6.45, 7) is 6.26. The average molecular weight is 383 g/mol. The Morgan fingerprint density at radius 2 is 2.04 bits per heavy atom. The second-order valence-electron chi connectivity index (χ2n) is 7.46. The number of carbonyl (C=O) groups excluding carboxylic acids is 1. The number of rotatable bonds is 6. The van der Waals surface area contributed by atoms with Gasteiger partial charge in [-0.05, 0) is 58.6 Å². The van der Waals surface area contributed by atoms with E-state index >= 15 is 0 Å². The van der Waals surface area contributed by atoms with Crippen molar-refractivity contribution in [3.05, 3.63) is 59.2 Å². The van der Waals surface area contributed by atoms with Gasteiger partial charge in [0.25, 0.3) is 5.91 Å². The quantitative estimate of drug-likeness (QED) is 0.708. The summed E-state index contributed by atoms with van der Waals surface area (Å²) in [5.41, 5.74) is 2.76. The number of benzene rings is 1. The molecule has 0 fully saturated rings. The molecule has 0 aliphatic carbocycles. The van der Waals surface area contributed by atoms with E-state index in [1.807, 2.05) is 56.6 Å². The molecule has 1 N–H and O–H groups in total. The molecule has 2 aromatic heterocycles. The van der Waals surface area contributed by atoms with Gasteiger partial charge in [0, 0.05) is 18.0 Å². The molecule has 3 rings (SSSR count). The van der Waals surface area contributed by atoms with Crippen LogP contribution in [0.3, 0.4) is 0 Å². The molecule has 148 valence electrons. The largest absolute Gasteiger partial charge is 0.350 e. The molecule has 0 aliphatic rings. The standard InChI is InChI=1S/C21H26FN5O/c1-13(2)27-20-16(11-24-27)10-18(14(3)25-20)21(28)23-12-19(26(4)5)15-7-6-8-17(22)9-15/h6-11,13,19H,12H2,1-5H3,(H,23,28). The molecule has 28 heavy (non-hydrogen) atoms. The van der Waals surface area contributed by atoms with Crippen LogP contribution < -0.4 is 5.32 Å². The maximum atomic E-state index is 13.6. The van der Waals surface area contributed by atoms with E-state index in [4.69, 9.17) is 0 Å². The molecule has 0 spiro atoms. The number of pyridine rings is 1. The molecule has 6 nitrogen and oxygen atoms in total. The van der Waals surface area contributed by atoms with E-state index in [1.165, 1.54) is 12.1 Å². The Morgan fingerprint density at radius 3 is 2.68 bits per heavy atom. The van der Waals surface area contributed by atoms with E-state index in [0.717, 1.165) is 16.6 Å². The van der Waals surface area contributed by atoms with Gasteiger partial charge in [0.2, 0.25) is 0 Å². The normalized spacial score (nSPS) is 12.7. The number of hydrogen-bond acceptors (Lipinski definition) is 4. The maximum absolute atomic E-state index is 13.6. The first-order valence-corrected chi connectivity index (χ1v) is 9.33. The number of nitrogens with zero attached hydrogens (tertiary/aromatic N) is 4. The van der Waals surface area contributed by atoms with Crippen molar-refractivity contribution in [1.29, 1.82) is 0 Å². The lowest BCUT2D eigenvalue weighted by Gasteiger charge is -2.25. The second-order valence-corrected chi connectivity index (χ2v) is 7.46. The third-order valence-electron chi connectivity index (χ3n) is 4.81. The van der Waals surface area contributed by atoms with E-state index in [0.29, 0.717) is 17.8 Å². The molecule has 3 aromatic rings. The summed E-state index contributed by atoms with van der Waals surface area (Å²) >= 11 is 0. The molecule has 0 bridgehead atoms. The fraction of sp³-hybridized carbons (Fsp3) is 0.381. The lowest BCUT2D eigenvalue weighted by Crippen LogP contribution is -2.35. The van der Waals surface area contributed by atoms with Crippen molar-refractivity contribution in [3.63, 3.8) is 0 Å². The Hall–Kier alpha value is -2.80. The van der Waals surface area contributed by atoms with Gasteiger partial charge in [0.15, 0.2) is 5.65 Å². The zero-order valence-corrected chi connectivity index (χ0v) is 16.9. The van der Waals surface area contributed by atoms with Crippen molar-refractivity contribution in [2.75, 3.05) is 20.6 Å². The van der Waals surface area contributed by atoms with E-state index < -0.39 is 0 Å². The lowest BCUT2D eigenvalue weighted by atomic mass is 10.1. The first-order chi connectivity index (χ1) is 13.3. The number of carbonyl (C=O) groups is 1. The van der Waals surface area contributed by atoms with Crippen molar-refractivity contribution in [1.82, 2.24) is 25.0 Å². The van der Waals surface area contributed by atoms with Crippen molar-refractivity contribution < 1.29 is 9.18 Å². The highest BCUT2D eigenvalue weighted by Gasteiger charge is 2.19. The molecule has 1 unspecified atom stereocenters. The number of aryl methyl sites for hydroxylation is 1. The number of likely N-dealkylation sites (N-methyl/N-ethyl adjacent to an activating group) is 1. The van der Waals surface area contributed by atoms with Crippen LogP contribution in [0, 0.1) is 12.7 Å². The first-order valence-electron chi connectivity index (χ1n) is 9.33.